The maximum Gasteiger partial charge on any atom is 0.471 e. The van der Waals surface area contributed by atoms with Gasteiger partial charge in [0, 0.05) is 47.2 Å². The number of aryl methyl sites for hydroxylation is 1. The molecule has 0 spiro atoms. The Bertz CT molecular complexity index is 1780. The van der Waals surface area contributed by atoms with Crippen molar-refractivity contribution >= 4 is 23.6 Å². The van der Waals surface area contributed by atoms with Gasteiger partial charge >= 0.3 is 18.1 Å². The van der Waals surface area contributed by atoms with Crippen LogP contribution in [0.2, 0.25) is 0 Å². The van der Waals surface area contributed by atoms with Crippen LogP contribution in [0.3, 0.4) is 0 Å². The molecule has 7 rings (SSSR count). The number of hydrogen-bond donors (Lipinski definition) is 2. The summed E-state index contributed by atoms with van der Waals surface area (Å²) < 4.78 is 69.1. The topological polar surface area (TPSA) is 143 Å². The molecule has 16 heteroatoms. The fourth-order valence-corrected chi connectivity index (χ4v) is 9.71. The molecular weight excluding hydrogens is 669 g/mol. The number of piperazine rings is 1. The van der Waals surface area contributed by atoms with E-state index in [9.17, 15) is 33.1 Å². The van der Waals surface area contributed by atoms with E-state index in [0.29, 0.717) is 40.4 Å². The Kier molecular flexibility index (Phi) is 8.33. The first-order valence-corrected chi connectivity index (χ1v) is 16.8. The number of rotatable bonds is 4. The van der Waals surface area contributed by atoms with Gasteiger partial charge in [0.25, 0.3) is 0 Å². The molecule has 0 aliphatic carbocycles. The second-order valence-electron chi connectivity index (χ2n) is 13.0. The normalized spacial score (nSPS) is 28.9. The lowest BCUT2D eigenvalue weighted by Gasteiger charge is -2.61. The van der Waals surface area contributed by atoms with Gasteiger partial charge in [-0.05, 0) is 50.9 Å². The molecule has 12 nitrogen and oxygen atoms in total. The van der Waals surface area contributed by atoms with Gasteiger partial charge in [-0.2, -0.15) is 18.4 Å². The molecule has 5 heterocycles. The molecule has 0 radical (unpaired) electrons. The van der Waals surface area contributed by atoms with Gasteiger partial charge < -0.3 is 34.1 Å². The molecule has 2 aromatic rings. The number of ether oxygens (including phenoxy) is 5. The zero-order valence-corrected chi connectivity index (χ0v) is 28.2. The fourth-order valence-electron chi connectivity index (χ4n) is 8.20. The van der Waals surface area contributed by atoms with Gasteiger partial charge in [-0.15, -0.1) is 11.8 Å². The van der Waals surface area contributed by atoms with E-state index in [-0.39, 0.29) is 31.1 Å². The number of phenolic OH excluding ortho intramolecular Hbond substituents is 1. The number of alkyl halides is 3. The number of methoxy groups -OCH3 is 1. The maximum absolute atomic E-state index is 13.4. The first-order chi connectivity index (χ1) is 23.3. The number of nitriles is 1. The molecule has 5 aliphatic rings. The van der Waals surface area contributed by atoms with E-state index < -0.39 is 60.1 Å². The molecular formula is C33H35F3N4O8S. The van der Waals surface area contributed by atoms with Crippen molar-refractivity contribution in [1.82, 2.24) is 15.1 Å². The van der Waals surface area contributed by atoms with Crippen molar-refractivity contribution in [3.63, 3.8) is 0 Å². The van der Waals surface area contributed by atoms with Crippen LogP contribution < -0.4 is 19.5 Å². The minimum absolute atomic E-state index is 0.0184. The van der Waals surface area contributed by atoms with Crippen LogP contribution in [-0.2, 0) is 25.5 Å². The first kappa shape index (κ1) is 33.6. The smallest absolute Gasteiger partial charge is 0.471 e. The third-order valence-corrected chi connectivity index (χ3v) is 11.9. The largest absolute Gasteiger partial charge is 0.507 e. The van der Waals surface area contributed by atoms with Crippen molar-refractivity contribution in [3.8, 4) is 29.1 Å². The quantitative estimate of drug-likeness (QED) is 0.355. The summed E-state index contributed by atoms with van der Waals surface area (Å²) in [5, 5.41) is 23.8. The minimum atomic E-state index is -5.22. The summed E-state index contributed by atoms with van der Waals surface area (Å²) in [6.45, 7) is 5.10. The first-order valence-electron chi connectivity index (χ1n) is 15.7. The number of nitrogens with zero attached hydrogens (tertiary/aromatic N) is 3. The molecule has 2 saturated heterocycles. The summed E-state index contributed by atoms with van der Waals surface area (Å²) in [6.07, 6.45) is -4.72. The number of carbonyl (C=O) groups is 2. The Morgan fingerprint density at radius 2 is 1.90 bits per heavy atom. The van der Waals surface area contributed by atoms with Crippen LogP contribution in [0.4, 0.5) is 13.2 Å². The summed E-state index contributed by atoms with van der Waals surface area (Å²) in [5.41, 5.74) is 5.14. The number of halogens is 3. The highest BCUT2D eigenvalue weighted by Gasteiger charge is 2.60. The summed E-state index contributed by atoms with van der Waals surface area (Å²) in [7, 11) is 3.46. The lowest BCUT2D eigenvalue weighted by molar-refractivity contribution is -0.176. The summed E-state index contributed by atoms with van der Waals surface area (Å²) in [4.78, 5) is 29.5. The molecule has 7 atom stereocenters. The molecule has 2 fully saturated rings. The number of carbonyl (C=O) groups excluding carboxylic acids is 2. The molecule has 2 N–H and O–H groups in total. The SMILES string of the molecule is COCOc1c(C)c(C)cc2c1[C@@H]1C3[C@@H]4SC[C@H](NC(=O)C(F)(F)F)C(=O)OC[C@H](c5c6c(c(C)c(O)c54)OCO6)N3[C@@H](C#N)[C@H](C2)N1C. The van der Waals surface area contributed by atoms with Crippen LogP contribution in [-0.4, -0.2) is 97.2 Å². The number of nitrogens with one attached hydrogen (secondary N) is 1. The molecule has 49 heavy (non-hydrogen) atoms. The lowest BCUT2D eigenvalue weighted by atomic mass is 9.71. The molecule has 0 aromatic heterocycles. The molecule has 4 bridgehead atoms. The molecule has 1 amide bonds. The van der Waals surface area contributed by atoms with E-state index in [1.54, 1.807) is 12.2 Å². The van der Waals surface area contributed by atoms with Crippen LogP contribution in [0.5, 0.6) is 23.0 Å². The van der Waals surface area contributed by atoms with E-state index in [4.69, 9.17) is 23.7 Å². The van der Waals surface area contributed by atoms with Crippen LogP contribution in [0.15, 0.2) is 6.07 Å². The minimum Gasteiger partial charge on any atom is -0.507 e. The maximum atomic E-state index is 13.4. The Morgan fingerprint density at radius 3 is 2.59 bits per heavy atom. The molecule has 1 unspecified atom stereocenters. The average molecular weight is 705 g/mol. The molecule has 0 saturated carbocycles. The van der Waals surface area contributed by atoms with Crippen LogP contribution in [0.25, 0.3) is 0 Å². The highest BCUT2D eigenvalue weighted by molar-refractivity contribution is 7.99. The Morgan fingerprint density at radius 1 is 1.16 bits per heavy atom. The average Bonchev–Trinajstić information content (AvgIpc) is 3.55. The molecule has 5 aliphatic heterocycles. The predicted molar refractivity (Wildman–Crippen MR) is 167 cm³/mol. The van der Waals surface area contributed by atoms with Crippen LogP contribution in [0, 0.1) is 32.1 Å². The third-order valence-electron chi connectivity index (χ3n) is 10.5. The second-order valence-corrected chi connectivity index (χ2v) is 14.1. The summed E-state index contributed by atoms with van der Waals surface area (Å²) in [5.74, 6) is -2.40. The monoisotopic (exact) mass is 704 g/mol. The molecule has 262 valence electrons. The van der Waals surface area contributed by atoms with Gasteiger partial charge in [0.1, 0.15) is 30.2 Å². The third kappa shape index (κ3) is 5.07. The summed E-state index contributed by atoms with van der Waals surface area (Å²) >= 11 is 1.10. The number of benzene rings is 2. The van der Waals surface area contributed by atoms with Gasteiger partial charge in [-0.3, -0.25) is 14.6 Å². The predicted octanol–water partition coefficient (Wildman–Crippen LogP) is 3.64. The summed E-state index contributed by atoms with van der Waals surface area (Å²) in [6, 6.07) is -0.0211. The fraction of sp³-hybridized carbons (Fsp3) is 0.545. The Hall–Kier alpha value is -3.91. The number of phenols is 1. The van der Waals surface area contributed by atoms with E-state index >= 15 is 0 Å². The van der Waals surface area contributed by atoms with Crippen LogP contribution in [0.1, 0.15) is 56.3 Å². The van der Waals surface area contributed by atoms with E-state index in [0.717, 1.165) is 34.0 Å². The number of aromatic hydroxyl groups is 1. The van der Waals surface area contributed by atoms with Gasteiger partial charge in [-0.25, -0.2) is 4.79 Å². The number of likely N-dealkylation sites (N-methyl/N-ethyl adjacent to an activating group) is 1. The molecule has 2 aromatic carbocycles. The number of esters is 1. The van der Waals surface area contributed by atoms with E-state index in [1.807, 2.05) is 25.8 Å². The highest BCUT2D eigenvalue weighted by atomic mass is 32.2. The zero-order valence-electron chi connectivity index (χ0n) is 27.3. The van der Waals surface area contributed by atoms with Gasteiger partial charge in [-0.1, -0.05) is 6.07 Å². The van der Waals surface area contributed by atoms with Crippen molar-refractivity contribution in [3.05, 3.63) is 45.0 Å². The zero-order chi connectivity index (χ0) is 35.1. The van der Waals surface area contributed by atoms with Crippen molar-refractivity contribution in [2.24, 2.45) is 0 Å². The standard InChI is InChI=1S/C33H35F3N4O8S/c1-13-6-16-7-18-19(8-37)40-20-9-45-31(42)17(38-32(43)33(34,35)36)10-49-30(23-22(20)29-28(47-12-48-29)15(3)26(23)41)25(40)24(39(18)4)21(16)27(14(13)2)46-11-44-5/h6,17-20,24-25,30,41H,7,9-12H2,1-5H3,(H,38,43)/t17-,18-,19-,20+,24+,25?,30+/m0/s1. The second kappa shape index (κ2) is 12.1. The lowest BCUT2D eigenvalue weighted by Crippen LogP contribution is -2.69. The number of amides is 1. The van der Waals surface area contributed by atoms with Crippen molar-refractivity contribution in [1.29, 1.82) is 5.26 Å². The van der Waals surface area contributed by atoms with Gasteiger partial charge in [0.15, 0.2) is 18.3 Å². The van der Waals surface area contributed by atoms with Gasteiger partial charge in [0.05, 0.1) is 23.4 Å². The Labute approximate surface area is 284 Å². The Balaban J connectivity index is 1.47. The number of fused-ring (bicyclic) bond motifs is 9. The number of hydrogen-bond acceptors (Lipinski definition) is 12. The van der Waals surface area contributed by atoms with E-state index in [1.165, 1.54) is 7.11 Å². The van der Waals surface area contributed by atoms with E-state index in [2.05, 4.69) is 17.0 Å². The highest BCUT2D eigenvalue weighted by Crippen LogP contribution is 2.63. The van der Waals surface area contributed by atoms with Crippen molar-refractivity contribution < 1.29 is 51.6 Å². The van der Waals surface area contributed by atoms with Crippen molar-refractivity contribution in [2.75, 3.05) is 40.1 Å². The number of cyclic esters (lactones) is 1. The van der Waals surface area contributed by atoms with Gasteiger partial charge in [0.2, 0.25) is 6.79 Å². The van der Waals surface area contributed by atoms with Crippen LogP contribution >= 0.6 is 11.8 Å². The number of thioether (sulfide) groups is 1. The van der Waals surface area contributed by atoms with Crippen molar-refractivity contribution in [2.45, 2.75) is 74.9 Å².